The van der Waals surface area contributed by atoms with Gasteiger partial charge in [-0.25, -0.2) is 4.57 Å². The van der Waals surface area contributed by atoms with Gasteiger partial charge in [0.15, 0.2) is 5.01 Å². The van der Waals surface area contributed by atoms with Gasteiger partial charge >= 0.3 is 7.75 Å². The zero-order valence-electron chi connectivity index (χ0n) is 13.3. The fourth-order valence-corrected chi connectivity index (χ4v) is 4.72. The van der Waals surface area contributed by atoms with E-state index in [-0.39, 0.29) is 0 Å². The summed E-state index contributed by atoms with van der Waals surface area (Å²) in [6, 6.07) is 5.11. The Morgan fingerprint density at radius 2 is 1.83 bits per heavy atom. The van der Waals surface area contributed by atoms with Gasteiger partial charge in [0.2, 0.25) is 5.13 Å². The number of nitrogens with one attached hydrogen (secondary N) is 1. The first-order valence-electron chi connectivity index (χ1n) is 7.43. The number of hydrogen-bond donors (Lipinski definition) is 1. The third kappa shape index (κ3) is 5.41. The molecule has 0 saturated heterocycles. The van der Waals surface area contributed by atoms with E-state index in [0.717, 1.165) is 12.8 Å². The summed E-state index contributed by atoms with van der Waals surface area (Å²) in [5.74, 6) is 0. The fourth-order valence-electron chi connectivity index (χ4n) is 1.68. The number of anilines is 1. The molecule has 132 valence electrons. The minimum atomic E-state index is -3.47. The Balaban J connectivity index is 2.17. The SMILES string of the molecule is CCCOP(=O)(Nc1nnc(-c2ccc(Cl)cc2Cl)s1)OCCC. The van der Waals surface area contributed by atoms with Crippen LogP contribution in [0.2, 0.25) is 10.0 Å². The summed E-state index contributed by atoms with van der Waals surface area (Å²) in [5.41, 5.74) is 0.699. The third-order valence-corrected chi connectivity index (χ3v) is 5.85. The number of rotatable bonds is 9. The molecule has 24 heavy (non-hydrogen) atoms. The number of hydrogen-bond acceptors (Lipinski definition) is 6. The molecule has 0 fully saturated rings. The molecular weight excluding hydrogens is 392 g/mol. The van der Waals surface area contributed by atoms with E-state index in [1.54, 1.807) is 18.2 Å². The third-order valence-electron chi connectivity index (χ3n) is 2.75. The van der Waals surface area contributed by atoms with Crippen LogP contribution in [-0.4, -0.2) is 23.4 Å². The lowest BCUT2D eigenvalue weighted by atomic mass is 10.2. The molecule has 0 atom stereocenters. The van der Waals surface area contributed by atoms with Gasteiger partial charge in [-0.1, -0.05) is 48.4 Å². The predicted molar refractivity (Wildman–Crippen MR) is 99.1 cm³/mol. The van der Waals surface area contributed by atoms with Gasteiger partial charge in [0.05, 0.1) is 18.2 Å². The topological polar surface area (TPSA) is 73.3 Å². The van der Waals surface area contributed by atoms with Gasteiger partial charge in [0, 0.05) is 10.6 Å². The van der Waals surface area contributed by atoms with Crippen LogP contribution in [0.5, 0.6) is 0 Å². The van der Waals surface area contributed by atoms with Crippen molar-refractivity contribution in [3.8, 4) is 10.6 Å². The van der Waals surface area contributed by atoms with E-state index in [0.29, 0.717) is 39.0 Å². The van der Waals surface area contributed by atoms with Gasteiger partial charge in [0.25, 0.3) is 0 Å². The first-order valence-corrected chi connectivity index (χ1v) is 10.5. The van der Waals surface area contributed by atoms with Crippen molar-refractivity contribution >= 4 is 47.4 Å². The molecule has 1 aromatic carbocycles. The summed E-state index contributed by atoms with van der Waals surface area (Å²) in [6.45, 7) is 4.50. The van der Waals surface area contributed by atoms with Crippen molar-refractivity contribution in [2.24, 2.45) is 0 Å². The van der Waals surface area contributed by atoms with Crippen LogP contribution in [0.4, 0.5) is 5.13 Å². The molecule has 10 heteroatoms. The van der Waals surface area contributed by atoms with E-state index >= 15 is 0 Å². The van der Waals surface area contributed by atoms with Crippen molar-refractivity contribution in [2.45, 2.75) is 26.7 Å². The van der Waals surface area contributed by atoms with Crippen molar-refractivity contribution in [2.75, 3.05) is 18.3 Å². The first-order chi connectivity index (χ1) is 11.5. The van der Waals surface area contributed by atoms with Crippen LogP contribution in [0.25, 0.3) is 10.6 Å². The maximum atomic E-state index is 12.7. The maximum Gasteiger partial charge on any atom is 0.434 e. The average Bonchev–Trinajstić information content (AvgIpc) is 2.99. The lowest BCUT2D eigenvalue weighted by molar-refractivity contribution is 0.209. The normalized spacial score (nSPS) is 11.7. The second-order valence-electron chi connectivity index (χ2n) is 4.81. The standard InChI is InChI=1S/C14H18Cl2N3O3PS/c1-3-7-21-23(20,22-8-4-2)19-14-18-17-13(24-14)11-6-5-10(15)9-12(11)16/h5-6,9H,3-4,7-8H2,1-2H3,(H,18,19,20). The molecule has 0 bridgehead atoms. The van der Waals surface area contributed by atoms with Crippen LogP contribution in [0.3, 0.4) is 0 Å². The lowest BCUT2D eigenvalue weighted by Crippen LogP contribution is -2.06. The zero-order chi connectivity index (χ0) is 17.6. The van der Waals surface area contributed by atoms with Crippen molar-refractivity contribution < 1.29 is 13.6 Å². The molecule has 6 nitrogen and oxygen atoms in total. The van der Waals surface area contributed by atoms with E-state index in [1.165, 1.54) is 11.3 Å². The van der Waals surface area contributed by atoms with E-state index < -0.39 is 7.75 Å². The quantitative estimate of drug-likeness (QED) is 0.520. The Morgan fingerprint density at radius 1 is 1.17 bits per heavy atom. The molecule has 0 aliphatic carbocycles. The molecule has 0 amide bonds. The smallest absolute Gasteiger partial charge is 0.292 e. The van der Waals surface area contributed by atoms with Gasteiger partial charge in [0.1, 0.15) is 0 Å². The molecule has 0 saturated carbocycles. The van der Waals surface area contributed by atoms with Gasteiger partial charge in [-0.15, -0.1) is 10.2 Å². The summed E-state index contributed by atoms with van der Waals surface area (Å²) in [7, 11) is -3.47. The van der Waals surface area contributed by atoms with E-state index in [2.05, 4.69) is 15.3 Å². The average molecular weight is 410 g/mol. The molecule has 0 spiro atoms. The Morgan fingerprint density at radius 3 is 2.42 bits per heavy atom. The van der Waals surface area contributed by atoms with Gasteiger partial charge in [-0.2, -0.15) is 0 Å². The van der Waals surface area contributed by atoms with Crippen LogP contribution in [0.15, 0.2) is 18.2 Å². The van der Waals surface area contributed by atoms with Crippen molar-refractivity contribution in [1.29, 1.82) is 0 Å². The molecule has 0 radical (unpaired) electrons. The van der Waals surface area contributed by atoms with Crippen molar-refractivity contribution in [3.63, 3.8) is 0 Å². The summed E-state index contributed by atoms with van der Waals surface area (Å²) < 4.78 is 23.4. The fraction of sp³-hybridized carbons (Fsp3) is 0.429. The summed E-state index contributed by atoms with van der Waals surface area (Å²) in [4.78, 5) is 0. The second-order valence-corrected chi connectivity index (χ2v) is 8.37. The summed E-state index contributed by atoms with van der Waals surface area (Å²) >= 11 is 13.3. The highest BCUT2D eigenvalue weighted by molar-refractivity contribution is 7.56. The zero-order valence-corrected chi connectivity index (χ0v) is 16.5. The van der Waals surface area contributed by atoms with Crippen LogP contribution in [-0.2, 0) is 13.6 Å². The molecule has 1 heterocycles. The number of nitrogens with zero attached hydrogens (tertiary/aromatic N) is 2. The number of benzene rings is 1. The molecular formula is C14H18Cl2N3O3PS. The molecule has 1 N–H and O–H groups in total. The Hall–Kier alpha value is -0.690. The highest BCUT2D eigenvalue weighted by Gasteiger charge is 2.26. The molecule has 2 aromatic rings. The van der Waals surface area contributed by atoms with E-state index in [9.17, 15) is 4.57 Å². The Labute approximate surface area is 155 Å². The molecule has 0 aliphatic rings. The monoisotopic (exact) mass is 409 g/mol. The Kier molecular flexibility index (Phi) is 7.47. The minimum Gasteiger partial charge on any atom is -0.292 e. The highest BCUT2D eigenvalue weighted by Crippen LogP contribution is 2.49. The summed E-state index contributed by atoms with van der Waals surface area (Å²) in [5, 5.41) is 12.7. The number of halogens is 2. The number of aromatic nitrogens is 2. The van der Waals surface area contributed by atoms with Crippen LogP contribution < -0.4 is 5.09 Å². The van der Waals surface area contributed by atoms with E-state index in [1.807, 2.05) is 13.8 Å². The van der Waals surface area contributed by atoms with Crippen molar-refractivity contribution in [3.05, 3.63) is 28.2 Å². The predicted octanol–water partition coefficient (Wildman–Crippen LogP) is 5.89. The highest BCUT2D eigenvalue weighted by atomic mass is 35.5. The lowest BCUT2D eigenvalue weighted by Gasteiger charge is -2.17. The summed E-state index contributed by atoms with van der Waals surface area (Å²) in [6.07, 6.45) is 1.45. The van der Waals surface area contributed by atoms with Crippen LogP contribution in [0, 0.1) is 0 Å². The largest absolute Gasteiger partial charge is 0.434 e. The Bertz CT molecular complexity index is 717. The molecule has 0 unspecified atom stereocenters. The first kappa shape index (κ1) is 19.6. The molecule has 2 rings (SSSR count). The van der Waals surface area contributed by atoms with Crippen LogP contribution in [0.1, 0.15) is 26.7 Å². The van der Waals surface area contributed by atoms with Gasteiger partial charge in [-0.3, -0.25) is 14.1 Å². The van der Waals surface area contributed by atoms with Gasteiger partial charge < -0.3 is 0 Å². The minimum absolute atomic E-state index is 0.322. The molecule has 1 aromatic heterocycles. The second kappa shape index (κ2) is 9.13. The maximum absolute atomic E-state index is 12.7. The van der Waals surface area contributed by atoms with E-state index in [4.69, 9.17) is 32.2 Å². The van der Waals surface area contributed by atoms with Crippen molar-refractivity contribution in [1.82, 2.24) is 10.2 Å². The van der Waals surface area contributed by atoms with Gasteiger partial charge in [-0.05, 0) is 31.0 Å². The molecule has 0 aliphatic heterocycles. The van der Waals surface area contributed by atoms with Crippen LogP contribution >= 0.6 is 42.3 Å².